The third kappa shape index (κ3) is 3.39. The molecule has 0 fully saturated rings. The van der Waals surface area contributed by atoms with Crippen molar-refractivity contribution < 1.29 is 23.1 Å². The van der Waals surface area contributed by atoms with Gasteiger partial charge in [-0.05, 0) is 36.8 Å². The van der Waals surface area contributed by atoms with Crippen LogP contribution in [0.4, 0.5) is 0 Å². The standard InChI is InChI=1S/C14H13NO5S/c1-9-7-10(14(16)17)8-12(21(15,18)19)13(9)20-11-5-3-2-4-6-11/h2-8H,1H3,(H,16,17)(H2,15,18,19). The van der Waals surface area contributed by atoms with Gasteiger partial charge in [0.05, 0.1) is 5.56 Å². The predicted molar refractivity (Wildman–Crippen MR) is 76.0 cm³/mol. The number of para-hydroxylation sites is 1. The molecule has 0 bridgehead atoms. The summed E-state index contributed by atoms with van der Waals surface area (Å²) in [5.74, 6) is -0.795. The van der Waals surface area contributed by atoms with Crippen molar-refractivity contribution in [2.75, 3.05) is 0 Å². The molecule has 0 radical (unpaired) electrons. The average Bonchev–Trinajstić information content (AvgIpc) is 2.40. The van der Waals surface area contributed by atoms with Crippen LogP contribution in [-0.4, -0.2) is 19.5 Å². The van der Waals surface area contributed by atoms with Gasteiger partial charge in [0.1, 0.15) is 16.4 Å². The third-order valence-electron chi connectivity index (χ3n) is 2.76. The topological polar surface area (TPSA) is 107 Å². The molecular formula is C14H13NO5S. The minimum Gasteiger partial charge on any atom is -0.478 e. The number of carboxylic acid groups (broad SMARTS) is 1. The van der Waals surface area contributed by atoms with Crippen molar-refractivity contribution in [2.45, 2.75) is 11.8 Å². The van der Waals surface area contributed by atoms with Gasteiger partial charge in [-0.2, -0.15) is 0 Å². The number of aromatic carboxylic acids is 1. The van der Waals surface area contributed by atoms with Crippen LogP contribution >= 0.6 is 0 Å². The lowest BCUT2D eigenvalue weighted by Gasteiger charge is -2.13. The highest BCUT2D eigenvalue weighted by molar-refractivity contribution is 7.89. The zero-order chi connectivity index (χ0) is 15.6. The van der Waals surface area contributed by atoms with Crippen molar-refractivity contribution >= 4 is 16.0 Å². The lowest BCUT2D eigenvalue weighted by atomic mass is 10.1. The summed E-state index contributed by atoms with van der Waals surface area (Å²) in [5.41, 5.74) is 0.194. The molecule has 0 unspecified atom stereocenters. The van der Waals surface area contributed by atoms with Crippen molar-refractivity contribution in [3.63, 3.8) is 0 Å². The Morgan fingerprint density at radius 3 is 2.33 bits per heavy atom. The number of carboxylic acids is 1. The average molecular weight is 307 g/mol. The third-order valence-corrected chi connectivity index (χ3v) is 3.67. The van der Waals surface area contributed by atoms with E-state index in [9.17, 15) is 13.2 Å². The van der Waals surface area contributed by atoms with Gasteiger partial charge in [0.2, 0.25) is 10.0 Å². The molecule has 0 aliphatic carbocycles. The molecule has 110 valence electrons. The van der Waals surface area contributed by atoms with Gasteiger partial charge >= 0.3 is 5.97 Å². The molecule has 0 saturated carbocycles. The van der Waals surface area contributed by atoms with Gasteiger partial charge in [-0.1, -0.05) is 18.2 Å². The van der Waals surface area contributed by atoms with Gasteiger partial charge in [-0.3, -0.25) is 0 Å². The van der Waals surface area contributed by atoms with Crippen LogP contribution in [0.2, 0.25) is 0 Å². The number of sulfonamides is 1. The molecule has 0 aromatic heterocycles. The van der Waals surface area contributed by atoms with Crippen LogP contribution in [0.15, 0.2) is 47.4 Å². The molecule has 6 nitrogen and oxygen atoms in total. The van der Waals surface area contributed by atoms with E-state index in [1.54, 1.807) is 37.3 Å². The summed E-state index contributed by atoms with van der Waals surface area (Å²) in [7, 11) is -4.12. The van der Waals surface area contributed by atoms with Crippen LogP contribution < -0.4 is 9.88 Å². The molecule has 2 aromatic carbocycles. The highest BCUT2D eigenvalue weighted by atomic mass is 32.2. The molecule has 0 atom stereocenters. The Kier molecular flexibility index (Phi) is 3.97. The molecule has 2 rings (SSSR count). The monoisotopic (exact) mass is 307 g/mol. The second kappa shape index (κ2) is 5.55. The number of benzene rings is 2. The number of primary sulfonamides is 1. The van der Waals surface area contributed by atoms with Crippen LogP contribution in [0.5, 0.6) is 11.5 Å². The Bertz CT molecular complexity index is 785. The summed E-state index contributed by atoms with van der Waals surface area (Å²) < 4.78 is 28.9. The normalized spacial score (nSPS) is 11.1. The number of ether oxygens (including phenoxy) is 1. The number of hydrogen-bond acceptors (Lipinski definition) is 4. The van der Waals surface area contributed by atoms with Crippen LogP contribution in [0.3, 0.4) is 0 Å². The smallest absolute Gasteiger partial charge is 0.335 e. The number of nitrogens with two attached hydrogens (primary N) is 1. The second-order valence-electron chi connectivity index (χ2n) is 4.39. The van der Waals surface area contributed by atoms with E-state index in [0.29, 0.717) is 11.3 Å². The van der Waals surface area contributed by atoms with E-state index in [1.165, 1.54) is 6.07 Å². The van der Waals surface area contributed by atoms with Crippen molar-refractivity contribution in [3.05, 3.63) is 53.6 Å². The molecule has 0 spiro atoms. The number of aryl methyl sites for hydroxylation is 1. The summed E-state index contributed by atoms with van der Waals surface area (Å²) in [4.78, 5) is 10.7. The van der Waals surface area contributed by atoms with Crippen LogP contribution in [0.1, 0.15) is 15.9 Å². The molecule has 2 aromatic rings. The van der Waals surface area contributed by atoms with Gasteiger partial charge in [0.15, 0.2) is 0 Å². The minimum atomic E-state index is -4.12. The van der Waals surface area contributed by atoms with Gasteiger partial charge in [0.25, 0.3) is 0 Å². The first-order chi connectivity index (χ1) is 9.79. The molecule has 0 aliphatic heterocycles. The van der Waals surface area contributed by atoms with Gasteiger partial charge in [-0.25, -0.2) is 18.4 Å². The number of rotatable bonds is 4. The maximum atomic E-state index is 11.7. The molecule has 7 heteroatoms. The first kappa shape index (κ1) is 15.0. The van der Waals surface area contributed by atoms with E-state index in [0.717, 1.165) is 6.07 Å². The van der Waals surface area contributed by atoms with E-state index in [4.69, 9.17) is 15.0 Å². The Hall–Kier alpha value is -2.38. The highest BCUT2D eigenvalue weighted by Crippen LogP contribution is 2.32. The van der Waals surface area contributed by atoms with E-state index in [-0.39, 0.29) is 16.2 Å². The van der Waals surface area contributed by atoms with E-state index in [2.05, 4.69) is 0 Å². The molecule has 0 heterocycles. The summed E-state index contributed by atoms with van der Waals surface area (Å²) >= 11 is 0. The largest absolute Gasteiger partial charge is 0.478 e. The zero-order valence-electron chi connectivity index (χ0n) is 11.1. The first-order valence-corrected chi connectivity index (χ1v) is 7.47. The maximum Gasteiger partial charge on any atom is 0.335 e. The summed E-state index contributed by atoms with van der Waals surface area (Å²) in [6.07, 6.45) is 0. The van der Waals surface area contributed by atoms with Crippen LogP contribution in [0, 0.1) is 6.92 Å². The summed E-state index contributed by atoms with van der Waals surface area (Å²) in [6, 6.07) is 10.9. The molecule has 21 heavy (non-hydrogen) atoms. The van der Waals surface area contributed by atoms with Crippen molar-refractivity contribution in [1.29, 1.82) is 0 Å². The Morgan fingerprint density at radius 1 is 1.19 bits per heavy atom. The van der Waals surface area contributed by atoms with Crippen LogP contribution in [-0.2, 0) is 10.0 Å². The van der Waals surface area contributed by atoms with E-state index < -0.39 is 16.0 Å². The SMILES string of the molecule is Cc1cc(C(=O)O)cc(S(N)(=O)=O)c1Oc1ccccc1. The molecule has 0 amide bonds. The van der Waals surface area contributed by atoms with Crippen molar-refractivity contribution in [3.8, 4) is 11.5 Å². The lowest BCUT2D eigenvalue weighted by molar-refractivity contribution is 0.0696. The fourth-order valence-electron chi connectivity index (χ4n) is 1.81. The first-order valence-electron chi connectivity index (χ1n) is 5.92. The lowest BCUT2D eigenvalue weighted by Crippen LogP contribution is -2.15. The van der Waals surface area contributed by atoms with Gasteiger partial charge in [-0.15, -0.1) is 0 Å². The second-order valence-corrected chi connectivity index (χ2v) is 5.92. The number of hydrogen-bond donors (Lipinski definition) is 2. The van der Waals surface area contributed by atoms with Gasteiger partial charge < -0.3 is 9.84 Å². The number of carbonyl (C=O) groups is 1. The predicted octanol–water partition coefficient (Wildman–Crippen LogP) is 2.13. The Balaban J connectivity index is 2.62. The molecule has 0 aliphatic rings. The Morgan fingerprint density at radius 2 is 1.81 bits per heavy atom. The fraction of sp³-hybridized carbons (Fsp3) is 0.0714. The molecule has 0 saturated heterocycles. The fourth-order valence-corrected chi connectivity index (χ4v) is 2.57. The van der Waals surface area contributed by atoms with Gasteiger partial charge in [0, 0.05) is 0 Å². The zero-order valence-corrected chi connectivity index (χ0v) is 11.9. The molecular weight excluding hydrogens is 294 g/mol. The maximum absolute atomic E-state index is 11.7. The highest BCUT2D eigenvalue weighted by Gasteiger charge is 2.21. The summed E-state index contributed by atoms with van der Waals surface area (Å²) in [5, 5.41) is 14.2. The van der Waals surface area contributed by atoms with Crippen LogP contribution in [0.25, 0.3) is 0 Å². The van der Waals surface area contributed by atoms with Crippen molar-refractivity contribution in [2.24, 2.45) is 5.14 Å². The van der Waals surface area contributed by atoms with Crippen molar-refractivity contribution in [1.82, 2.24) is 0 Å². The minimum absolute atomic E-state index is 0.0219. The summed E-state index contributed by atoms with van der Waals surface area (Å²) in [6.45, 7) is 1.55. The molecule has 3 N–H and O–H groups in total. The van der Waals surface area contributed by atoms with E-state index in [1.807, 2.05) is 0 Å². The quantitative estimate of drug-likeness (QED) is 0.899. The Labute approximate surface area is 121 Å². The van der Waals surface area contributed by atoms with E-state index >= 15 is 0 Å².